The zero-order valence-electron chi connectivity index (χ0n) is 14.7. The summed E-state index contributed by atoms with van der Waals surface area (Å²) in [4.78, 5) is 24.8. The van der Waals surface area contributed by atoms with Gasteiger partial charge in [-0.3, -0.25) is 4.79 Å². The number of carbonyl (C=O) groups is 1. The van der Waals surface area contributed by atoms with Crippen molar-refractivity contribution in [1.82, 2.24) is 24.8 Å². The lowest BCUT2D eigenvalue weighted by molar-refractivity contribution is 0.0944. The highest BCUT2D eigenvalue weighted by atomic mass is 16.1. The van der Waals surface area contributed by atoms with Crippen LogP contribution in [0.1, 0.15) is 27.8 Å². The van der Waals surface area contributed by atoms with Crippen LogP contribution in [0.4, 0.5) is 0 Å². The molecule has 0 saturated carbocycles. The summed E-state index contributed by atoms with van der Waals surface area (Å²) < 4.78 is 1.98. The first-order valence-electron chi connectivity index (χ1n) is 8.46. The average Bonchev–Trinajstić information content (AvgIpc) is 3.20. The SMILES string of the molecule is Cc1nc(C(=O)NCc2nc3ccccc3[nH]2)c(C)n1-c1ccccc1. The van der Waals surface area contributed by atoms with Crippen LogP contribution in [0.5, 0.6) is 0 Å². The van der Waals surface area contributed by atoms with E-state index >= 15 is 0 Å². The highest BCUT2D eigenvalue weighted by Crippen LogP contribution is 2.17. The number of benzene rings is 2. The molecule has 2 N–H and O–H groups in total. The zero-order valence-corrected chi connectivity index (χ0v) is 14.7. The molecular formula is C20H19N5O. The third kappa shape index (κ3) is 2.86. The number of aromatic nitrogens is 4. The molecule has 0 aliphatic rings. The van der Waals surface area contributed by atoms with Gasteiger partial charge in [0.05, 0.1) is 23.3 Å². The molecular weight excluding hydrogens is 326 g/mol. The fraction of sp³-hybridized carbons (Fsp3) is 0.150. The van der Waals surface area contributed by atoms with Crippen molar-refractivity contribution in [3.8, 4) is 5.69 Å². The summed E-state index contributed by atoms with van der Waals surface area (Å²) >= 11 is 0. The number of aryl methyl sites for hydroxylation is 1. The van der Waals surface area contributed by atoms with Gasteiger partial charge in [-0.25, -0.2) is 9.97 Å². The Bertz CT molecular complexity index is 1050. The molecule has 26 heavy (non-hydrogen) atoms. The molecule has 0 saturated heterocycles. The van der Waals surface area contributed by atoms with E-state index in [1.165, 1.54) is 0 Å². The minimum absolute atomic E-state index is 0.208. The van der Waals surface area contributed by atoms with E-state index in [0.29, 0.717) is 12.2 Å². The first-order chi connectivity index (χ1) is 12.6. The van der Waals surface area contributed by atoms with Crippen LogP contribution >= 0.6 is 0 Å². The molecule has 2 heterocycles. The Morgan fingerprint density at radius 1 is 1.04 bits per heavy atom. The lowest BCUT2D eigenvalue weighted by Crippen LogP contribution is -2.24. The van der Waals surface area contributed by atoms with E-state index in [1.54, 1.807) is 0 Å². The predicted octanol–water partition coefficient (Wildman–Crippen LogP) is 3.30. The topological polar surface area (TPSA) is 75.6 Å². The van der Waals surface area contributed by atoms with E-state index in [9.17, 15) is 4.79 Å². The van der Waals surface area contributed by atoms with Crippen molar-refractivity contribution in [1.29, 1.82) is 0 Å². The maximum atomic E-state index is 12.6. The smallest absolute Gasteiger partial charge is 0.272 e. The maximum absolute atomic E-state index is 12.6. The summed E-state index contributed by atoms with van der Waals surface area (Å²) in [7, 11) is 0. The number of carbonyl (C=O) groups excluding carboxylic acids is 1. The molecule has 0 spiro atoms. The van der Waals surface area contributed by atoms with Gasteiger partial charge in [-0.05, 0) is 38.1 Å². The summed E-state index contributed by atoms with van der Waals surface area (Å²) in [5.41, 5.74) is 4.08. The van der Waals surface area contributed by atoms with E-state index in [1.807, 2.05) is 73.0 Å². The molecule has 0 bridgehead atoms. The number of nitrogens with zero attached hydrogens (tertiary/aromatic N) is 3. The van der Waals surface area contributed by atoms with Crippen LogP contribution in [0.3, 0.4) is 0 Å². The predicted molar refractivity (Wildman–Crippen MR) is 100 cm³/mol. The van der Waals surface area contributed by atoms with E-state index in [-0.39, 0.29) is 5.91 Å². The van der Waals surface area contributed by atoms with Crippen molar-refractivity contribution in [3.05, 3.63) is 77.6 Å². The second kappa shape index (κ2) is 6.48. The molecule has 4 aromatic rings. The molecule has 0 aliphatic carbocycles. The van der Waals surface area contributed by atoms with Crippen molar-refractivity contribution >= 4 is 16.9 Å². The van der Waals surface area contributed by atoms with Crippen LogP contribution in [0.2, 0.25) is 0 Å². The van der Waals surface area contributed by atoms with Crippen LogP contribution in [0, 0.1) is 13.8 Å². The highest BCUT2D eigenvalue weighted by molar-refractivity contribution is 5.93. The number of hydrogen-bond donors (Lipinski definition) is 2. The van der Waals surface area contributed by atoms with E-state index < -0.39 is 0 Å². The Balaban J connectivity index is 1.55. The van der Waals surface area contributed by atoms with Gasteiger partial charge < -0.3 is 14.9 Å². The fourth-order valence-corrected chi connectivity index (χ4v) is 3.15. The summed E-state index contributed by atoms with van der Waals surface area (Å²) in [6.45, 7) is 4.13. The normalized spacial score (nSPS) is 11.0. The monoisotopic (exact) mass is 345 g/mol. The molecule has 1 amide bonds. The largest absolute Gasteiger partial charge is 0.343 e. The average molecular weight is 345 g/mol. The first-order valence-corrected chi connectivity index (χ1v) is 8.46. The molecule has 6 nitrogen and oxygen atoms in total. The molecule has 0 aliphatic heterocycles. The van der Waals surface area contributed by atoms with Crippen LogP contribution in [-0.4, -0.2) is 25.4 Å². The van der Waals surface area contributed by atoms with Crippen molar-refractivity contribution in [2.24, 2.45) is 0 Å². The second-order valence-corrected chi connectivity index (χ2v) is 6.15. The molecule has 0 radical (unpaired) electrons. The Hall–Kier alpha value is -3.41. The van der Waals surface area contributed by atoms with Gasteiger partial charge in [-0.15, -0.1) is 0 Å². The molecule has 130 valence electrons. The lowest BCUT2D eigenvalue weighted by atomic mass is 10.2. The van der Waals surface area contributed by atoms with Gasteiger partial charge in [0.2, 0.25) is 0 Å². The zero-order chi connectivity index (χ0) is 18.1. The molecule has 2 aromatic carbocycles. The number of imidazole rings is 2. The Kier molecular flexibility index (Phi) is 4.01. The Morgan fingerprint density at radius 2 is 1.77 bits per heavy atom. The van der Waals surface area contributed by atoms with Gasteiger partial charge in [0.25, 0.3) is 5.91 Å². The molecule has 2 aromatic heterocycles. The minimum Gasteiger partial charge on any atom is -0.343 e. The fourth-order valence-electron chi connectivity index (χ4n) is 3.15. The van der Waals surface area contributed by atoms with E-state index in [2.05, 4.69) is 20.3 Å². The number of rotatable bonds is 4. The highest BCUT2D eigenvalue weighted by Gasteiger charge is 2.18. The van der Waals surface area contributed by atoms with Crippen LogP contribution in [0.25, 0.3) is 16.7 Å². The number of amides is 1. The Labute approximate surface area is 150 Å². The number of nitrogens with one attached hydrogen (secondary N) is 2. The van der Waals surface area contributed by atoms with Gasteiger partial charge in [0.1, 0.15) is 17.3 Å². The molecule has 4 rings (SSSR count). The van der Waals surface area contributed by atoms with Gasteiger partial charge in [0, 0.05) is 5.69 Å². The quantitative estimate of drug-likeness (QED) is 0.596. The van der Waals surface area contributed by atoms with Gasteiger partial charge in [-0.1, -0.05) is 30.3 Å². The first kappa shape index (κ1) is 16.1. The van der Waals surface area contributed by atoms with Gasteiger partial charge in [0.15, 0.2) is 0 Å². The third-order valence-corrected chi connectivity index (χ3v) is 4.36. The Morgan fingerprint density at radius 3 is 2.54 bits per heavy atom. The van der Waals surface area contributed by atoms with E-state index in [0.717, 1.165) is 34.1 Å². The van der Waals surface area contributed by atoms with Crippen LogP contribution < -0.4 is 5.32 Å². The van der Waals surface area contributed by atoms with Crippen molar-refractivity contribution in [2.75, 3.05) is 0 Å². The minimum atomic E-state index is -0.208. The molecule has 6 heteroatoms. The van der Waals surface area contributed by atoms with Crippen molar-refractivity contribution in [2.45, 2.75) is 20.4 Å². The summed E-state index contributed by atoms with van der Waals surface area (Å²) in [5.74, 6) is 1.29. The second-order valence-electron chi connectivity index (χ2n) is 6.15. The number of aromatic amines is 1. The number of H-pyrrole nitrogens is 1. The standard InChI is InChI=1S/C20H19N5O/c1-13-19(22-14(2)25(13)15-8-4-3-5-9-15)20(26)21-12-18-23-16-10-6-7-11-17(16)24-18/h3-11H,12H2,1-2H3,(H,21,26)(H,23,24). The molecule has 0 unspecified atom stereocenters. The van der Waals surface area contributed by atoms with E-state index in [4.69, 9.17) is 0 Å². The summed E-state index contributed by atoms with van der Waals surface area (Å²) in [5, 5.41) is 2.90. The number of para-hydroxylation sites is 3. The number of hydrogen-bond acceptors (Lipinski definition) is 3. The van der Waals surface area contributed by atoms with Crippen LogP contribution in [-0.2, 0) is 6.54 Å². The lowest BCUT2D eigenvalue weighted by Gasteiger charge is -2.07. The molecule has 0 atom stereocenters. The number of fused-ring (bicyclic) bond motifs is 1. The van der Waals surface area contributed by atoms with Crippen LogP contribution in [0.15, 0.2) is 54.6 Å². The van der Waals surface area contributed by atoms with Crippen molar-refractivity contribution < 1.29 is 4.79 Å². The third-order valence-electron chi connectivity index (χ3n) is 4.36. The molecule has 0 fully saturated rings. The summed E-state index contributed by atoms with van der Waals surface area (Å²) in [6, 6.07) is 17.7. The van der Waals surface area contributed by atoms with Gasteiger partial charge in [-0.2, -0.15) is 0 Å². The summed E-state index contributed by atoms with van der Waals surface area (Å²) in [6.07, 6.45) is 0. The van der Waals surface area contributed by atoms with Crippen molar-refractivity contribution in [3.63, 3.8) is 0 Å². The maximum Gasteiger partial charge on any atom is 0.272 e. The van der Waals surface area contributed by atoms with Gasteiger partial charge >= 0.3 is 0 Å².